The quantitative estimate of drug-likeness (QED) is 0.708. The minimum Gasteiger partial charge on any atom is -0.356 e. The van der Waals surface area contributed by atoms with Crippen molar-refractivity contribution >= 4 is 17.1 Å². The Kier molecular flexibility index (Phi) is 3.66. The molecule has 3 nitrogen and oxygen atoms in total. The molecule has 2 aromatic heterocycles. The molecule has 5 heteroatoms. The molecule has 112 valence electrons. The van der Waals surface area contributed by atoms with Crippen LogP contribution in [0.4, 0.5) is 4.39 Å². The molecule has 0 bridgehead atoms. The van der Waals surface area contributed by atoms with Crippen LogP contribution in [0.2, 0.25) is 0 Å². The Hall–Kier alpha value is -2.27. The van der Waals surface area contributed by atoms with Crippen molar-refractivity contribution < 1.29 is 9.18 Å². The van der Waals surface area contributed by atoms with Crippen molar-refractivity contribution in [1.29, 1.82) is 0 Å². The van der Waals surface area contributed by atoms with Crippen LogP contribution in [0, 0.1) is 19.7 Å². The molecule has 3 rings (SSSR count). The van der Waals surface area contributed by atoms with E-state index in [1.165, 1.54) is 23.5 Å². The van der Waals surface area contributed by atoms with Crippen molar-refractivity contribution in [3.05, 3.63) is 52.3 Å². The lowest BCUT2D eigenvalue weighted by Crippen LogP contribution is -1.94. The number of ketones is 1. The molecule has 0 aliphatic carbocycles. The smallest absolute Gasteiger partial charge is 0.161 e. The molecular weight excluding hydrogens is 299 g/mol. The largest absolute Gasteiger partial charge is 0.356 e. The number of hydrogen-bond acceptors (Lipinski definition) is 3. The predicted octanol–water partition coefficient (Wildman–Crippen LogP) is 4.76. The number of Topliss-reactive ketones (excluding diaryl/α,β-unsaturated/α-hetero) is 1. The number of nitrogens with zero attached hydrogens (tertiary/aromatic N) is 1. The minimum atomic E-state index is -0.262. The highest BCUT2D eigenvalue weighted by molar-refractivity contribution is 7.13. The molecule has 0 spiro atoms. The summed E-state index contributed by atoms with van der Waals surface area (Å²) in [5, 5.41) is 2.77. The summed E-state index contributed by atoms with van der Waals surface area (Å²) in [5.74, 6) is -0.214. The van der Waals surface area contributed by atoms with Gasteiger partial charge in [0.15, 0.2) is 5.78 Å². The summed E-state index contributed by atoms with van der Waals surface area (Å²) in [6, 6.07) is 6.28. The van der Waals surface area contributed by atoms with Gasteiger partial charge in [-0.15, -0.1) is 11.3 Å². The summed E-state index contributed by atoms with van der Waals surface area (Å²) in [6.45, 7) is 5.38. The third kappa shape index (κ3) is 2.48. The van der Waals surface area contributed by atoms with Gasteiger partial charge in [0.2, 0.25) is 0 Å². The van der Waals surface area contributed by atoms with Gasteiger partial charge in [0, 0.05) is 22.2 Å². The van der Waals surface area contributed by atoms with E-state index in [1.807, 2.05) is 19.2 Å². The van der Waals surface area contributed by atoms with E-state index < -0.39 is 0 Å². The molecule has 2 heterocycles. The van der Waals surface area contributed by atoms with Gasteiger partial charge in [-0.1, -0.05) is 0 Å². The van der Waals surface area contributed by atoms with Crippen molar-refractivity contribution in [3.63, 3.8) is 0 Å². The van der Waals surface area contributed by atoms with Crippen molar-refractivity contribution in [2.75, 3.05) is 0 Å². The van der Waals surface area contributed by atoms with Crippen molar-refractivity contribution in [3.8, 4) is 22.0 Å². The highest BCUT2D eigenvalue weighted by Crippen LogP contribution is 2.32. The molecule has 1 N–H and O–H groups in total. The molecule has 0 fully saturated rings. The molecule has 3 aromatic rings. The number of H-pyrrole nitrogens is 1. The molecular formula is C17H15FN2OS. The second kappa shape index (κ2) is 5.50. The predicted molar refractivity (Wildman–Crippen MR) is 86.8 cm³/mol. The molecule has 22 heavy (non-hydrogen) atoms. The SMILES string of the molecule is CC(=O)c1c(C)[nH]c(-c2csc(-c3ccc(F)cc3)n2)c1C. The van der Waals surface area contributed by atoms with Crippen LogP contribution in [0.5, 0.6) is 0 Å². The Balaban J connectivity index is 2.03. The fourth-order valence-corrected chi connectivity index (χ4v) is 3.46. The maximum absolute atomic E-state index is 13.0. The summed E-state index contributed by atoms with van der Waals surface area (Å²) >= 11 is 1.50. The van der Waals surface area contributed by atoms with Gasteiger partial charge in [0.05, 0.1) is 11.4 Å². The Morgan fingerprint density at radius 3 is 2.50 bits per heavy atom. The number of thiazole rings is 1. The van der Waals surface area contributed by atoms with Crippen LogP contribution in [0.25, 0.3) is 22.0 Å². The third-order valence-corrected chi connectivity index (χ3v) is 4.53. The molecule has 1 aromatic carbocycles. The van der Waals surface area contributed by atoms with Gasteiger partial charge in [-0.3, -0.25) is 4.79 Å². The van der Waals surface area contributed by atoms with Gasteiger partial charge < -0.3 is 4.98 Å². The monoisotopic (exact) mass is 314 g/mol. The van der Waals surface area contributed by atoms with Crippen LogP contribution in [-0.4, -0.2) is 15.8 Å². The van der Waals surface area contributed by atoms with E-state index >= 15 is 0 Å². The second-order valence-electron chi connectivity index (χ2n) is 5.23. The average molecular weight is 314 g/mol. The number of aromatic nitrogens is 2. The Bertz CT molecular complexity index is 846. The van der Waals surface area contributed by atoms with E-state index in [-0.39, 0.29) is 11.6 Å². The number of nitrogens with one attached hydrogen (secondary N) is 1. The molecule has 0 unspecified atom stereocenters. The normalized spacial score (nSPS) is 10.9. The zero-order valence-electron chi connectivity index (χ0n) is 12.5. The Labute approximate surface area is 131 Å². The lowest BCUT2D eigenvalue weighted by atomic mass is 10.1. The number of halogens is 1. The number of carbonyl (C=O) groups is 1. The lowest BCUT2D eigenvalue weighted by molar-refractivity contribution is 0.101. The van der Waals surface area contributed by atoms with Crippen LogP contribution in [0.15, 0.2) is 29.6 Å². The molecule has 0 radical (unpaired) electrons. The van der Waals surface area contributed by atoms with E-state index in [2.05, 4.69) is 9.97 Å². The molecule has 0 saturated heterocycles. The van der Waals surface area contributed by atoms with Crippen LogP contribution >= 0.6 is 11.3 Å². The fourth-order valence-electron chi connectivity index (χ4n) is 2.65. The van der Waals surface area contributed by atoms with Gasteiger partial charge in [-0.25, -0.2) is 9.37 Å². The van der Waals surface area contributed by atoms with Crippen molar-refractivity contribution in [2.24, 2.45) is 0 Å². The Morgan fingerprint density at radius 2 is 1.91 bits per heavy atom. The fraction of sp³-hybridized carbons (Fsp3) is 0.176. The minimum absolute atomic E-state index is 0.0477. The first-order chi connectivity index (χ1) is 10.5. The van der Waals surface area contributed by atoms with E-state index in [0.717, 1.165) is 38.8 Å². The summed E-state index contributed by atoms with van der Waals surface area (Å²) in [6.07, 6.45) is 0. The van der Waals surface area contributed by atoms with Gasteiger partial charge in [0.25, 0.3) is 0 Å². The number of aryl methyl sites for hydroxylation is 1. The summed E-state index contributed by atoms with van der Waals surface area (Å²) in [4.78, 5) is 19.6. The highest BCUT2D eigenvalue weighted by Gasteiger charge is 2.18. The number of hydrogen-bond donors (Lipinski definition) is 1. The number of carbonyl (C=O) groups excluding carboxylic acids is 1. The zero-order valence-corrected chi connectivity index (χ0v) is 13.3. The van der Waals surface area contributed by atoms with Crippen molar-refractivity contribution in [1.82, 2.24) is 9.97 Å². The van der Waals surface area contributed by atoms with Gasteiger partial charge in [0.1, 0.15) is 10.8 Å². The third-order valence-electron chi connectivity index (χ3n) is 3.64. The maximum Gasteiger partial charge on any atom is 0.161 e. The molecule has 0 aliphatic heterocycles. The molecule has 0 atom stereocenters. The van der Waals surface area contributed by atoms with Gasteiger partial charge >= 0.3 is 0 Å². The van der Waals surface area contributed by atoms with E-state index in [4.69, 9.17) is 0 Å². The molecule has 0 aliphatic rings. The standard InChI is InChI=1S/C17H15FN2OS/c1-9-15(11(3)21)10(2)19-16(9)14-8-22-17(20-14)12-4-6-13(18)7-5-12/h4-8,19H,1-3H3. The van der Waals surface area contributed by atoms with Gasteiger partial charge in [-0.05, 0) is 50.6 Å². The van der Waals surface area contributed by atoms with Crippen LogP contribution in [0.1, 0.15) is 28.5 Å². The first-order valence-corrected chi connectivity index (χ1v) is 7.77. The first kappa shape index (κ1) is 14.7. The summed E-state index contributed by atoms with van der Waals surface area (Å²) in [5.41, 5.74) is 5.05. The van der Waals surface area contributed by atoms with Crippen LogP contribution < -0.4 is 0 Å². The van der Waals surface area contributed by atoms with E-state index in [1.54, 1.807) is 19.1 Å². The number of benzene rings is 1. The molecule has 0 saturated carbocycles. The highest BCUT2D eigenvalue weighted by atomic mass is 32.1. The topological polar surface area (TPSA) is 45.8 Å². The second-order valence-corrected chi connectivity index (χ2v) is 6.08. The summed E-state index contributed by atoms with van der Waals surface area (Å²) < 4.78 is 13.0. The average Bonchev–Trinajstić information content (AvgIpc) is 3.04. The zero-order chi connectivity index (χ0) is 15.9. The van der Waals surface area contributed by atoms with Crippen molar-refractivity contribution in [2.45, 2.75) is 20.8 Å². The molecule has 0 amide bonds. The van der Waals surface area contributed by atoms with E-state index in [9.17, 15) is 9.18 Å². The first-order valence-electron chi connectivity index (χ1n) is 6.89. The van der Waals surface area contributed by atoms with Crippen LogP contribution in [0.3, 0.4) is 0 Å². The van der Waals surface area contributed by atoms with E-state index in [0.29, 0.717) is 0 Å². The van der Waals surface area contributed by atoms with Gasteiger partial charge in [-0.2, -0.15) is 0 Å². The maximum atomic E-state index is 13.0. The number of rotatable bonds is 3. The van der Waals surface area contributed by atoms with Crippen LogP contribution in [-0.2, 0) is 0 Å². The Morgan fingerprint density at radius 1 is 1.23 bits per heavy atom. The lowest BCUT2D eigenvalue weighted by Gasteiger charge is -1.97. The number of aromatic amines is 1. The summed E-state index contributed by atoms with van der Waals surface area (Å²) in [7, 11) is 0.